The van der Waals surface area contributed by atoms with Gasteiger partial charge in [0, 0.05) is 6.20 Å². The van der Waals surface area contributed by atoms with Gasteiger partial charge in [-0.25, -0.2) is 4.98 Å². The molecule has 1 heterocycles. The monoisotopic (exact) mass is 270 g/mol. The van der Waals surface area contributed by atoms with Crippen LogP contribution in [0.5, 0.6) is 0 Å². The first-order chi connectivity index (χ1) is 9.38. The number of anilines is 1. The molecule has 2 aromatic rings. The van der Waals surface area contributed by atoms with E-state index in [-0.39, 0.29) is 0 Å². The van der Waals surface area contributed by atoms with Crippen molar-refractivity contribution in [2.45, 2.75) is 20.3 Å². The van der Waals surface area contributed by atoms with Crippen molar-refractivity contribution >= 4 is 11.8 Å². The van der Waals surface area contributed by atoms with E-state index in [1.165, 1.54) is 0 Å². The SMILES string of the molecule is CC(C)(Cc1ccc(-c2ccnc(N)c2)cc1)C(=O)O. The number of nitrogen functional groups attached to an aromatic ring is 1. The summed E-state index contributed by atoms with van der Waals surface area (Å²) in [4.78, 5) is 15.1. The third-order valence-corrected chi connectivity index (χ3v) is 3.29. The smallest absolute Gasteiger partial charge is 0.309 e. The Hall–Kier alpha value is -2.36. The van der Waals surface area contributed by atoms with Crippen LogP contribution in [-0.2, 0) is 11.2 Å². The van der Waals surface area contributed by atoms with E-state index in [2.05, 4.69) is 4.98 Å². The summed E-state index contributed by atoms with van der Waals surface area (Å²) >= 11 is 0. The van der Waals surface area contributed by atoms with Crippen molar-refractivity contribution in [1.29, 1.82) is 0 Å². The van der Waals surface area contributed by atoms with Crippen LogP contribution in [0.25, 0.3) is 11.1 Å². The number of carboxylic acid groups (broad SMARTS) is 1. The van der Waals surface area contributed by atoms with Crippen LogP contribution in [0, 0.1) is 5.41 Å². The lowest BCUT2D eigenvalue weighted by Crippen LogP contribution is -2.26. The summed E-state index contributed by atoms with van der Waals surface area (Å²) in [6.45, 7) is 3.46. The van der Waals surface area contributed by atoms with Crippen LogP contribution >= 0.6 is 0 Å². The third kappa shape index (κ3) is 3.15. The number of aliphatic carboxylic acids is 1. The number of nitrogens with two attached hydrogens (primary N) is 1. The van der Waals surface area contributed by atoms with E-state index in [1.54, 1.807) is 20.0 Å². The van der Waals surface area contributed by atoms with Gasteiger partial charge in [0.1, 0.15) is 5.82 Å². The minimum Gasteiger partial charge on any atom is -0.481 e. The van der Waals surface area contributed by atoms with E-state index >= 15 is 0 Å². The largest absolute Gasteiger partial charge is 0.481 e. The van der Waals surface area contributed by atoms with E-state index < -0.39 is 11.4 Å². The predicted octanol–water partition coefficient (Wildman–Crippen LogP) is 2.98. The van der Waals surface area contributed by atoms with Gasteiger partial charge in [-0.05, 0) is 49.1 Å². The maximum atomic E-state index is 11.1. The number of rotatable bonds is 4. The molecule has 0 saturated carbocycles. The predicted molar refractivity (Wildman–Crippen MR) is 79.2 cm³/mol. The molecule has 0 saturated heterocycles. The van der Waals surface area contributed by atoms with Crippen LogP contribution in [0.15, 0.2) is 42.6 Å². The first-order valence-corrected chi connectivity index (χ1v) is 6.43. The van der Waals surface area contributed by atoms with Gasteiger partial charge in [0.25, 0.3) is 0 Å². The maximum absolute atomic E-state index is 11.1. The fraction of sp³-hybridized carbons (Fsp3) is 0.250. The first kappa shape index (κ1) is 14.1. The van der Waals surface area contributed by atoms with Gasteiger partial charge in [-0.2, -0.15) is 0 Å². The fourth-order valence-electron chi connectivity index (χ4n) is 2.03. The Morgan fingerprint density at radius 3 is 2.40 bits per heavy atom. The van der Waals surface area contributed by atoms with E-state index in [0.29, 0.717) is 12.2 Å². The number of hydrogen-bond donors (Lipinski definition) is 2. The molecule has 0 unspecified atom stereocenters. The normalized spacial score (nSPS) is 11.3. The van der Waals surface area contributed by atoms with Crippen molar-refractivity contribution < 1.29 is 9.90 Å². The molecule has 0 amide bonds. The molecule has 1 aromatic heterocycles. The fourth-order valence-corrected chi connectivity index (χ4v) is 2.03. The number of pyridine rings is 1. The molecule has 0 fully saturated rings. The molecule has 104 valence electrons. The van der Waals surface area contributed by atoms with Gasteiger partial charge in [0.05, 0.1) is 5.41 Å². The van der Waals surface area contributed by atoms with Crippen molar-refractivity contribution in [3.05, 3.63) is 48.2 Å². The molecule has 0 aliphatic heterocycles. The van der Waals surface area contributed by atoms with Crippen LogP contribution in [0.1, 0.15) is 19.4 Å². The Kier molecular flexibility index (Phi) is 3.74. The number of carboxylic acids is 1. The molecule has 0 aliphatic rings. The van der Waals surface area contributed by atoms with Gasteiger partial charge < -0.3 is 10.8 Å². The summed E-state index contributed by atoms with van der Waals surface area (Å²) in [5.41, 5.74) is 7.95. The minimum atomic E-state index is -0.788. The zero-order valence-electron chi connectivity index (χ0n) is 11.6. The van der Waals surface area contributed by atoms with Crippen molar-refractivity contribution in [1.82, 2.24) is 4.98 Å². The van der Waals surface area contributed by atoms with Gasteiger partial charge >= 0.3 is 5.97 Å². The molecule has 0 radical (unpaired) electrons. The molecule has 20 heavy (non-hydrogen) atoms. The summed E-state index contributed by atoms with van der Waals surface area (Å²) < 4.78 is 0. The Morgan fingerprint density at radius 1 is 1.20 bits per heavy atom. The topological polar surface area (TPSA) is 76.2 Å². The second-order valence-electron chi connectivity index (χ2n) is 5.53. The van der Waals surface area contributed by atoms with Crippen molar-refractivity contribution in [3.63, 3.8) is 0 Å². The summed E-state index contributed by atoms with van der Waals surface area (Å²) in [5.74, 6) is -0.304. The zero-order chi connectivity index (χ0) is 14.8. The highest BCUT2D eigenvalue weighted by atomic mass is 16.4. The number of nitrogens with zero attached hydrogens (tertiary/aromatic N) is 1. The zero-order valence-corrected chi connectivity index (χ0v) is 11.6. The molecular formula is C16H18N2O2. The molecule has 4 heteroatoms. The van der Waals surface area contributed by atoms with Crippen LogP contribution in [0.2, 0.25) is 0 Å². The van der Waals surface area contributed by atoms with Crippen molar-refractivity contribution in [2.24, 2.45) is 5.41 Å². The number of benzene rings is 1. The molecule has 3 N–H and O–H groups in total. The molecule has 1 aromatic carbocycles. The van der Waals surface area contributed by atoms with E-state index in [1.807, 2.05) is 36.4 Å². The Morgan fingerprint density at radius 2 is 1.85 bits per heavy atom. The lowest BCUT2D eigenvalue weighted by Gasteiger charge is -2.19. The molecule has 0 atom stereocenters. The standard InChI is InChI=1S/C16H18N2O2/c1-16(2,15(19)20)10-11-3-5-12(6-4-11)13-7-8-18-14(17)9-13/h3-9H,10H2,1-2H3,(H2,17,18)(H,19,20). The van der Waals surface area contributed by atoms with Crippen LogP contribution in [0.3, 0.4) is 0 Å². The van der Waals surface area contributed by atoms with Gasteiger partial charge in [0.2, 0.25) is 0 Å². The minimum absolute atomic E-state index is 0.485. The lowest BCUT2D eigenvalue weighted by molar-refractivity contribution is -0.146. The molecule has 0 bridgehead atoms. The average Bonchev–Trinajstić information content (AvgIpc) is 2.39. The highest BCUT2D eigenvalue weighted by molar-refractivity contribution is 5.74. The summed E-state index contributed by atoms with van der Waals surface area (Å²) in [7, 11) is 0. The van der Waals surface area contributed by atoms with Crippen molar-refractivity contribution in [2.75, 3.05) is 5.73 Å². The molecular weight excluding hydrogens is 252 g/mol. The second-order valence-corrected chi connectivity index (χ2v) is 5.53. The Balaban J connectivity index is 2.21. The Bertz CT molecular complexity index is 619. The summed E-state index contributed by atoms with van der Waals surface area (Å²) in [6, 6.07) is 11.6. The highest BCUT2D eigenvalue weighted by Crippen LogP contribution is 2.25. The first-order valence-electron chi connectivity index (χ1n) is 6.43. The number of aromatic nitrogens is 1. The van der Waals surface area contributed by atoms with Crippen LogP contribution < -0.4 is 5.73 Å². The van der Waals surface area contributed by atoms with E-state index in [4.69, 9.17) is 10.8 Å². The molecule has 0 spiro atoms. The highest BCUT2D eigenvalue weighted by Gasteiger charge is 2.27. The van der Waals surface area contributed by atoms with Gasteiger partial charge in [-0.1, -0.05) is 24.3 Å². The van der Waals surface area contributed by atoms with Crippen LogP contribution in [-0.4, -0.2) is 16.1 Å². The second kappa shape index (κ2) is 5.33. The lowest BCUT2D eigenvalue weighted by atomic mass is 9.85. The van der Waals surface area contributed by atoms with E-state index in [9.17, 15) is 4.79 Å². The maximum Gasteiger partial charge on any atom is 0.309 e. The average molecular weight is 270 g/mol. The quantitative estimate of drug-likeness (QED) is 0.895. The third-order valence-electron chi connectivity index (χ3n) is 3.29. The summed E-state index contributed by atoms with van der Waals surface area (Å²) in [5, 5.41) is 9.14. The van der Waals surface area contributed by atoms with Crippen molar-refractivity contribution in [3.8, 4) is 11.1 Å². The Labute approximate surface area is 118 Å². The van der Waals surface area contributed by atoms with Gasteiger partial charge in [-0.3, -0.25) is 4.79 Å². The van der Waals surface area contributed by atoms with Gasteiger partial charge in [0.15, 0.2) is 0 Å². The van der Waals surface area contributed by atoms with Gasteiger partial charge in [-0.15, -0.1) is 0 Å². The van der Waals surface area contributed by atoms with E-state index in [0.717, 1.165) is 16.7 Å². The van der Waals surface area contributed by atoms with Crippen LogP contribution in [0.4, 0.5) is 5.82 Å². The molecule has 0 aliphatic carbocycles. The number of hydrogen-bond acceptors (Lipinski definition) is 3. The summed E-state index contributed by atoms with van der Waals surface area (Å²) in [6.07, 6.45) is 2.17. The molecule has 2 rings (SSSR count). The number of carbonyl (C=O) groups is 1. The molecule has 4 nitrogen and oxygen atoms in total.